The fourth-order valence-electron chi connectivity index (χ4n) is 3.21. The number of hydrogen-bond acceptors (Lipinski definition) is 5. The van der Waals surface area contributed by atoms with Crippen LogP contribution in [0.15, 0.2) is 34.5 Å². The Morgan fingerprint density at radius 3 is 2.44 bits per heavy atom. The zero-order chi connectivity index (χ0) is 18.5. The van der Waals surface area contributed by atoms with Crippen LogP contribution in [0.3, 0.4) is 0 Å². The van der Waals surface area contributed by atoms with Gasteiger partial charge in [-0.15, -0.1) is 11.3 Å². The minimum atomic E-state index is -3.68. The van der Waals surface area contributed by atoms with Crippen molar-refractivity contribution in [2.45, 2.75) is 37.2 Å². The number of hydrogen-bond donors (Lipinski definition) is 2. The van der Waals surface area contributed by atoms with Crippen molar-refractivity contribution in [1.29, 1.82) is 0 Å². The standard InChI is InChI=1S/C17H21NO5S2/c1-16(2,15(19)20)17(21)7-9-18(10-8-17)25(22,23)14-11-24-13-6-4-3-5-12(13)14/h3-6,11,21H,7-10H2,1-2H3,(H,19,20). The number of aliphatic hydroxyl groups is 1. The van der Waals surface area contributed by atoms with Crippen molar-refractivity contribution >= 4 is 37.4 Å². The summed E-state index contributed by atoms with van der Waals surface area (Å²) in [6.45, 7) is 3.15. The number of sulfonamides is 1. The number of nitrogens with zero attached hydrogens (tertiary/aromatic N) is 1. The molecule has 1 fully saturated rings. The van der Waals surface area contributed by atoms with Crippen LogP contribution in [0.2, 0.25) is 0 Å². The zero-order valence-electron chi connectivity index (χ0n) is 14.1. The molecule has 3 rings (SSSR count). The molecular weight excluding hydrogens is 362 g/mol. The molecule has 2 N–H and O–H groups in total. The molecule has 1 aromatic heterocycles. The second kappa shape index (κ2) is 6.05. The lowest BCUT2D eigenvalue weighted by atomic mass is 9.70. The first-order valence-corrected chi connectivity index (χ1v) is 10.3. The number of thiophene rings is 1. The van der Waals surface area contributed by atoms with Gasteiger partial charge in [0, 0.05) is 28.6 Å². The monoisotopic (exact) mass is 383 g/mol. The van der Waals surface area contributed by atoms with Gasteiger partial charge < -0.3 is 10.2 Å². The molecule has 0 amide bonds. The van der Waals surface area contributed by atoms with Gasteiger partial charge in [-0.05, 0) is 32.8 Å². The predicted molar refractivity (Wildman–Crippen MR) is 96.2 cm³/mol. The highest BCUT2D eigenvalue weighted by atomic mass is 32.2. The molecular formula is C17H21NO5S2. The lowest BCUT2D eigenvalue weighted by molar-refractivity contribution is -0.169. The van der Waals surface area contributed by atoms with Crippen molar-refractivity contribution in [3.8, 4) is 0 Å². The van der Waals surface area contributed by atoms with Crippen molar-refractivity contribution in [3.05, 3.63) is 29.6 Å². The fraction of sp³-hybridized carbons (Fsp3) is 0.471. The Labute approximate surface area is 150 Å². The Morgan fingerprint density at radius 1 is 1.24 bits per heavy atom. The summed E-state index contributed by atoms with van der Waals surface area (Å²) in [5.41, 5.74) is -2.76. The SMILES string of the molecule is CC(C)(C(=O)O)C1(O)CCN(S(=O)(=O)c2csc3ccccc23)CC1. The van der Waals surface area contributed by atoms with Crippen LogP contribution in [0, 0.1) is 5.41 Å². The molecule has 2 heterocycles. The summed E-state index contributed by atoms with van der Waals surface area (Å²) < 4.78 is 28.2. The second-order valence-corrected chi connectivity index (χ2v) is 9.78. The Hall–Kier alpha value is -1.48. The summed E-state index contributed by atoms with van der Waals surface area (Å²) in [7, 11) is -3.68. The van der Waals surface area contributed by atoms with Gasteiger partial charge >= 0.3 is 5.97 Å². The number of piperidine rings is 1. The zero-order valence-corrected chi connectivity index (χ0v) is 15.7. The van der Waals surface area contributed by atoms with Crippen molar-refractivity contribution < 1.29 is 23.4 Å². The highest BCUT2D eigenvalue weighted by Gasteiger charge is 2.51. The van der Waals surface area contributed by atoms with E-state index >= 15 is 0 Å². The van der Waals surface area contributed by atoms with Crippen LogP contribution in [0.1, 0.15) is 26.7 Å². The summed E-state index contributed by atoms with van der Waals surface area (Å²) in [5, 5.41) is 22.5. The minimum Gasteiger partial charge on any atom is -0.481 e. The van der Waals surface area contributed by atoms with Crippen LogP contribution in [0.4, 0.5) is 0 Å². The maximum atomic E-state index is 13.0. The molecule has 6 nitrogen and oxygen atoms in total. The average molecular weight is 383 g/mol. The van der Waals surface area contributed by atoms with E-state index in [1.54, 1.807) is 17.5 Å². The van der Waals surface area contributed by atoms with E-state index in [0.29, 0.717) is 5.39 Å². The van der Waals surface area contributed by atoms with E-state index in [-0.39, 0.29) is 30.8 Å². The van der Waals surface area contributed by atoms with E-state index in [2.05, 4.69) is 0 Å². The summed E-state index contributed by atoms with van der Waals surface area (Å²) in [6.07, 6.45) is 0.182. The lowest BCUT2D eigenvalue weighted by Crippen LogP contribution is -2.56. The third-order valence-electron chi connectivity index (χ3n) is 5.31. The Balaban J connectivity index is 1.86. The van der Waals surface area contributed by atoms with Crippen LogP contribution in [0.25, 0.3) is 10.1 Å². The molecule has 0 radical (unpaired) electrons. The van der Waals surface area contributed by atoms with Crippen molar-refractivity contribution in [3.63, 3.8) is 0 Å². The third-order valence-corrected chi connectivity index (χ3v) is 8.36. The number of carboxylic acid groups (broad SMARTS) is 1. The van der Waals surface area contributed by atoms with E-state index in [9.17, 15) is 23.4 Å². The molecule has 0 aliphatic carbocycles. The summed E-state index contributed by atoms with van der Waals surface area (Å²) >= 11 is 1.38. The molecule has 0 unspecified atom stereocenters. The van der Waals surface area contributed by atoms with Gasteiger partial charge in [0.15, 0.2) is 0 Å². The Kier molecular flexibility index (Phi) is 4.43. The first-order valence-electron chi connectivity index (χ1n) is 8.02. The summed E-state index contributed by atoms with van der Waals surface area (Å²) in [4.78, 5) is 11.7. The van der Waals surface area contributed by atoms with Crippen LogP contribution < -0.4 is 0 Å². The minimum absolute atomic E-state index is 0.0909. The number of benzene rings is 1. The van der Waals surface area contributed by atoms with Gasteiger partial charge in [-0.1, -0.05) is 18.2 Å². The molecule has 136 valence electrons. The number of rotatable bonds is 4. The average Bonchev–Trinajstić information content (AvgIpc) is 2.99. The topological polar surface area (TPSA) is 94.9 Å². The van der Waals surface area contributed by atoms with Crippen molar-refractivity contribution in [1.82, 2.24) is 4.31 Å². The lowest BCUT2D eigenvalue weighted by Gasteiger charge is -2.44. The van der Waals surface area contributed by atoms with Gasteiger partial charge in [0.2, 0.25) is 10.0 Å². The molecule has 0 spiro atoms. The molecule has 8 heteroatoms. The van der Waals surface area contributed by atoms with E-state index in [0.717, 1.165) is 4.70 Å². The maximum Gasteiger partial charge on any atom is 0.312 e. The van der Waals surface area contributed by atoms with E-state index < -0.39 is 27.0 Å². The molecule has 1 aliphatic rings. The first kappa shape index (κ1) is 18.3. The molecule has 2 aromatic rings. The number of aliphatic carboxylic acids is 1. The number of carboxylic acids is 1. The van der Waals surface area contributed by atoms with Gasteiger partial charge in [-0.2, -0.15) is 4.31 Å². The largest absolute Gasteiger partial charge is 0.481 e. The van der Waals surface area contributed by atoms with E-state index in [1.165, 1.54) is 29.5 Å². The van der Waals surface area contributed by atoms with Gasteiger partial charge in [0.25, 0.3) is 0 Å². The summed E-state index contributed by atoms with van der Waals surface area (Å²) in [6, 6.07) is 7.33. The molecule has 0 saturated carbocycles. The molecule has 0 atom stereocenters. The molecule has 25 heavy (non-hydrogen) atoms. The highest BCUT2D eigenvalue weighted by Crippen LogP contribution is 2.41. The third kappa shape index (κ3) is 2.87. The second-order valence-electron chi connectivity index (χ2n) is 6.96. The predicted octanol–water partition coefficient (Wildman–Crippen LogP) is 2.53. The van der Waals surface area contributed by atoms with Gasteiger partial charge in [-0.3, -0.25) is 4.79 Å². The number of fused-ring (bicyclic) bond motifs is 1. The Bertz CT molecular complexity index is 908. The van der Waals surface area contributed by atoms with Crippen LogP contribution in [-0.2, 0) is 14.8 Å². The van der Waals surface area contributed by atoms with Crippen LogP contribution >= 0.6 is 11.3 Å². The quantitative estimate of drug-likeness (QED) is 0.846. The van der Waals surface area contributed by atoms with Crippen molar-refractivity contribution in [2.24, 2.45) is 5.41 Å². The molecule has 1 saturated heterocycles. The first-order chi connectivity index (χ1) is 11.6. The smallest absolute Gasteiger partial charge is 0.312 e. The Morgan fingerprint density at radius 2 is 1.84 bits per heavy atom. The van der Waals surface area contributed by atoms with Crippen LogP contribution in [0.5, 0.6) is 0 Å². The highest BCUT2D eigenvalue weighted by molar-refractivity contribution is 7.89. The van der Waals surface area contributed by atoms with Gasteiger partial charge in [0.1, 0.15) is 4.90 Å². The maximum absolute atomic E-state index is 13.0. The molecule has 0 bridgehead atoms. The number of carbonyl (C=O) groups is 1. The van der Waals surface area contributed by atoms with Crippen LogP contribution in [-0.4, -0.2) is 47.6 Å². The fourth-order valence-corrected chi connectivity index (χ4v) is 6.13. The van der Waals surface area contributed by atoms with Gasteiger partial charge in [0.05, 0.1) is 11.0 Å². The molecule has 1 aliphatic heterocycles. The summed E-state index contributed by atoms with van der Waals surface area (Å²) in [5.74, 6) is -1.09. The van der Waals surface area contributed by atoms with Gasteiger partial charge in [-0.25, -0.2) is 8.42 Å². The molecule has 1 aromatic carbocycles. The normalized spacial score (nSPS) is 19.2. The van der Waals surface area contributed by atoms with E-state index in [1.807, 2.05) is 12.1 Å². The van der Waals surface area contributed by atoms with E-state index in [4.69, 9.17) is 0 Å². The van der Waals surface area contributed by atoms with Crippen molar-refractivity contribution in [2.75, 3.05) is 13.1 Å².